The summed E-state index contributed by atoms with van der Waals surface area (Å²) in [6.07, 6.45) is 7.01. The van der Waals surface area contributed by atoms with Gasteiger partial charge in [0.1, 0.15) is 5.54 Å². The molecule has 4 nitrogen and oxygen atoms in total. The molecule has 1 aliphatic carbocycles. The molecule has 1 N–H and O–H groups in total. The molecule has 0 unspecified atom stereocenters. The number of unbranched alkanes of at least 4 members (excludes halogenated alkanes) is 1. The van der Waals surface area contributed by atoms with Crippen molar-refractivity contribution in [1.29, 1.82) is 5.26 Å². The number of nitriles is 1. The van der Waals surface area contributed by atoms with E-state index in [1.807, 2.05) is 24.3 Å². The van der Waals surface area contributed by atoms with E-state index in [0.29, 0.717) is 18.4 Å². The van der Waals surface area contributed by atoms with Crippen molar-refractivity contribution in [3.63, 3.8) is 0 Å². The monoisotopic (exact) mass is 326 g/mol. The van der Waals surface area contributed by atoms with Crippen molar-refractivity contribution in [2.24, 2.45) is 0 Å². The third-order valence-corrected chi connectivity index (χ3v) is 4.72. The molecule has 0 aliphatic heterocycles. The van der Waals surface area contributed by atoms with E-state index in [4.69, 9.17) is 0 Å². The molecular formula is C20H26N2O2. The van der Waals surface area contributed by atoms with Gasteiger partial charge in [0, 0.05) is 18.4 Å². The first kappa shape index (κ1) is 18.2. The molecule has 1 aromatic rings. The molecule has 128 valence electrons. The number of hydrogen-bond acceptors (Lipinski definition) is 3. The Morgan fingerprint density at radius 3 is 2.42 bits per heavy atom. The number of ketones is 1. The molecule has 2 rings (SSSR count). The number of Topliss-reactive ketones (excluding diaryl/α,β-unsaturated/α-hetero) is 1. The highest BCUT2D eigenvalue weighted by molar-refractivity contribution is 5.98. The Morgan fingerprint density at radius 2 is 1.83 bits per heavy atom. The molecule has 0 bridgehead atoms. The maximum atomic E-state index is 12.2. The highest BCUT2D eigenvalue weighted by atomic mass is 16.2. The molecule has 24 heavy (non-hydrogen) atoms. The lowest BCUT2D eigenvalue weighted by molar-refractivity contribution is -0.122. The second-order valence-corrected chi connectivity index (χ2v) is 6.67. The molecule has 0 spiro atoms. The molecule has 4 heteroatoms. The van der Waals surface area contributed by atoms with Gasteiger partial charge in [-0.15, -0.1) is 0 Å². The lowest BCUT2D eigenvalue weighted by Crippen LogP contribution is -2.45. The summed E-state index contributed by atoms with van der Waals surface area (Å²) in [6, 6.07) is 9.91. The van der Waals surface area contributed by atoms with Crippen LogP contribution >= 0.6 is 0 Å². The highest BCUT2D eigenvalue weighted by Crippen LogP contribution is 2.29. The van der Waals surface area contributed by atoms with Crippen molar-refractivity contribution in [1.82, 2.24) is 5.32 Å². The lowest BCUT2D eigenvalue weighted by Gasteiger charge is -2.21. The van der Waals surface area contributed by atoms with Crippen LogP contribution in [0.25, 0.3) is 0 Å². The predicted molar refractivity (Wildman–Crippen MR) is 93.6 cm³/mol. The summed E-state index contributed by atoms with van der Waals surface area (Å²) in [5.74, 6) is -0.226. The summed E-state index contributed by atoms with van der Waals surface area (Å²) < 4.78 is 0. The van der Waals surface area contributed by atoms with Crippen LogP contribution < -0.4 is 5.32 Å². The summed E-state index contributed by atoms with van der Waals surface area (Å²) in [6.45, 7) is 2.16. The normalized spacial score (nSPS) is 15.7. The molecule has 0 saturated heterocycles. The maximum absolute atomic E-state index is 12.2. The van der Waals surface area contributed by atoms with Gasteiger partial charge < -0.3 is 5.32 Å². The molecule has 0 heterocycles. The van der Waals surface area contributed by atoms with E-state index in [2.05, 4.69) is 18.3 Å². The predicted octanol–water partition coefficient (Wildman–Crippen LogP) is 3.94. The van der Waals surface area contributed by atoms with E-state index in [9.17, 15) is 14.9 Å². The van der Waals surface area contributed by atoms with Gasteiger partial charge in [-0.05, 0) is 44.1 Å². The molecule has 1 fully saturated rings. The number of benzene rings is 1. The minimum absolute atomic E-state index is 0.0235. The number of carbonyl (C=O) groups excluding carboxylic acids is 2. The fourth-order valence-electron chi connectivity index (χ4n) is 3.18. The number of carbonyl (C=O) groups is 2. The van der Waals surface area contributed by atoms with Gasteiger partial charge in [-0.1, -0.05) is 37.6 Å². The summed E-state index contributed by atoms with van der Waals surface area (Å²) in [5.41, 5.74) is 1.18. The third kappa shape index (κ3) is 4.92. The molecule has 1 aromatic carbocycles. The fourth-order valence-corrected chi connectivity index (χ4v) is 3.18. The van der Waals surface area contributed by atoms with Crippen molar-refractivity contribution < 1.29 is 9.59 Å². The van der Waals surface area contributed by atoms with E-state index in [0.717, 1.165) is 32.1 Å². The van der Waals surface area contributed by atoms with Gasteiger partial charge in [-0.25, -0.2) is 0 Å². The average Bonchev–Trinajstić information content (AvgIpc) is 3.07. The molecule has 1 saturated carbocycles. The van der Waals surface area contributed by atoms with Gasteiger partial charge in [0.25, 0.3) is 0 Å². The van der Waals surface area contributed by atoms with Crippen molar-refractivity contribution in [2.75, 3.05) is 0 Å². The number of nitrogens with one attached hydrogen (secondary N) is 1. The van der Waals surface area contributed by atoms with Crippen LogP contribution in [0.15, 0.2) is 24.3 Å². The van der Waals surface area contributed by atoms with Gasteiger partial charge in [0.15, 0.2) is 5.78 Å². The Labute approximate surface area is 144 Å². The fraction of sp³-hybridized carbons (Fsp3) is 0.550. The summed E-state index contributed by atoms with van der Waals surface area (Å²) in [7, 11) is 0. The molecule has 1 aliphatic rings. The average molecular weight is 326 g/mol. The van der Waals surface area contributed by atoms with Crippen LogP contribution in [-0.4, -0.2) is 17.2 Å². The first-order chi connectivity index (χ1) is 11.6. The van der Waals surface area contributed by atoms with Crippen LogP contribution in [-0.2, 0) is 11.2 Å². The number of aryl methyl sites for hydroxylation is 1. The van der Waals surface area contributed by atoms with Crippen molar-refractivity contribution in [3.8, 4) is 6.07 Å². The Bertz CT molecular complexity index is 608. The molecule has 1 amide bonds. The topological polar surface area (TPSA) is 70.0 Å². The largest absolute Gasteiger partial charge is 0.338 e. The van der Waals surface area contributed by atoms with Crippen LogP contribution in [0.5, 0.6) is 0 Å². The zero-order valence-corrected chi connectivity index (χ0v) is 14.4. The van der Waals surface area contributed by atoms with Crippen LogP contribution in [0, 0.1) is 11.3 Å². The summed E-state index contributed by atoms with van der Waals surface area (Å²) >= 11 is 0. The number of amides is 1. The minimum atomic E-state index is -0.707. The lowest BCUT2D eigenvalue weighted by atomic mass is 9.99. The van der Waals surface area contributed by atoms with Crippen molar-refractivity contribution in [3.05, 3.63) is 35.4 Å². The Morgan fingerprint density at radius 1 is 1.17 bits per heavy atom. The molecule has 0 atom stereocenters. The van der Waals surface area contributed by atoms with Gasteiger partial charge >= 0.3 is 0 Å². The Balaban J connectivity index is 1.82. The SMILES string of the molecule is CCCCc1ccc(C(=O)CCC(=O)NC2(C#N)CCCC2)cc1. The van der Waals surface area contributed by atoms with E-state index >= 15 is 0 Å². The second-order valence-electron chi connectivity index (χ2n) is 6.67. The molecule has 0 aromatic heterocycles. The number of rotatable bonds is 8. The minimum Gasteiger partial charge on any atom is -0.338 e. The van der Waals surface area contributed by atoms with E-state index in [1.54, 1.807) is 0 Å². The first-order valence-electron chi connectivity index (χ1n) is 8.93. The Hall–Kier alpha value is -2.15. The Kier molecular flexibility index (Phi) is 6.54. The van der Waals surface area contributed by atoms with E-state index in [1.165, 1.54) is 5.56 Å². The van der Waals surface area contributed by atoms with Crippen LogP contribution in [0.1, 0.15) is 74.2 Å². The van der Waals surface area contributed by atoms with Gasteiger partial charge in [0.05, 0.1) is 6.07 Å². The van der Waals surface area contributed by atoms with Crippen molar-refractivity contribution >= 4 is 11.7 Å². The second kappa shape index (κ2) is 8.63. The van der Waals surface area contributed by atoms with E-state index in [-0.39, 0.29) is 24.5 Å². The third-order valence-electron chi connectivity index (χ3n) is 4.72. The highest BCUT2D eigenvalue weighted by Gasteiger charge is 2.35. The first-order valence-corrected chi connectivity index (χ1v) is 8.93. The molecule has 0 radical (unpaired) electrons. The van der Waals surface area contributed by atoms with Gasteiger partial charge in [-0.3, -0.25) is 9.59 Å². The zero-order chi connectivity index (χ0) is 17.4. The summed E-state index contributed by atoms with van der Waals surface area (Å²) in [4.78, 5) is 24.3. The standard InChI is InChI=1S/C20H26N2O2/c1-2-3-6-16-7-9-17(10-8-16)18(23)11-12-19(24)22-20(15-21)13-4-5-14-20/h7-10H,2-6,11-14H2,1H3,(H,22,24). The quantitative estimate of drug-likeness (QED) is 0.735. The van der Waals surface area contributed by atoms with Crippen LogP contribution in [0.4, 0.5) is 0 Å². The zero-order valence-electron chi connectivity index (χ0n) is 14.4. The smallest absolute Gasteiger partial charge is 0.221 e. The van der Waals surface area contributed by atoms with Crippen molar-refractivity contribution in [2.45, 2.75) is 70.3 Å². The summed E-state index contributed by atoms with van der Waals surface area (Å²) in [5, 5.41) is 12.1. The van der Waals surface area contributed by atoms with Crippen LogP contribution in [0.2, 0.25) is 0 Å². The van der Waals surface area contributed by atoms with Gasteiger partial charge in [-0.2, -0.15) is 5.26 Å². The maximum Gasteiger partial charge on any atom is 0.221 e. The van der Waals surface area contributed by atoms with Crippen LogP contribution in [0.3, 0.4) is 0 Å². The number of hydrogen-bond donors (Lipinski definition) is 1. The molecular weight excluding hydrogens is 300 g/mol. The van der Waals surface area contributed by atoms with Gasteiger partial charge in [0.2, 0.25) is 5.91 Å². The van der Waals surface area contributed by atoms with E-state index < -0.39 is 5.54 Å². The number of nitrogens with zero attached hydrogens (tertiary/aromatic N) is 1.